The van der Waals surface area contributed by atoms with Crippen molar-refractivity contribution in [3.63, 3.8) is 0 Å². The molecule has 1 aliphatic rings. The first-order valence-corrected chi connectivity index (χ1v) is 8.83. The molecule has 0 saturated heterocycles. The highest BCUT2D eigenvalue weighted by Crippen LogP contribution is 2.41. The van der Waals surface area contributed by atoms with Crippen LogP contribution in [0.25, 0.3) is 0 Å². The predicted octanol–water partition coefficient (Wildman–Crippen LogP) is 5.30. The van der Waals surface area contributed by atoms with Crippen molar-refractivity contribution in [3.8, 4) is 0 Å². The molecule has 0 aliphatic carbocycles. The van der Waals surface area contributed by atoms with Gasteiger partial charge < -0.3 is 4.74 Å². The van der Waals surface area contributed by atoms with E-state index in [0.29, 0.717) is 13.0 Å². The molecule has 0 saturated carbocycles. The third-order valence-electron chi connectivity index (χ3n) is 4.65. The molecule has 2 aromatic carbocycles. The maximum Gasteiger partial charge on any atom is 0.410 e. The van der Waals surface area contributed by atoms with Crippen molar-refractivity contribution in [2.45, 2.75) is 38.3 Å². The SMILES string of the molecule is C=CC[C@@H]1c2ccccc2[C@@H](c2ccccc2)CN1C(=O)OC(C)C. The van der Waals surface area contributed by atoms with Crippen LogP contribution in [0.4, 0.5) is 4.79 Å². The van der Waals surface area contributed by atoms with Gasteiger partial charge in [0.25, 0.3) is 0 Å². The Hall–Kier alpha value is -2.55. The molecule has 0 unspecified atom stereocenters. The van der Waals surface area contributed by atoms with Gasteiger partial charge in [-0.15, -0.1) is 6.58 Å². The standard InChI is InChI=1S/C22H25NO2/c1-4-10-21-19-14-9-8-13-18(19)20(17-11-6-5-7-12-17)15-23(21)22(24)25-16(2)3/h4-9,11-14,16,20-21H,1,10,15H2,2-3H3/t20-,21-/m1/s1. The minimum Gasteiger partial charge on any atom is -0.447 e. The van der Waals surface area contributed by atoms with E-state index >= 15 is 0 Å². The van der Waals surface area contributed by atoms with Crippen molar-refractivity contribution in [2.24, 2.45) is 0 Å². The Morgan fingerprint density at radius 1 is 1.16 bits per heavy atom. The van der Waals surface area contributed by atoms with Crippen LogP contribution in [0.1, 0.15) is 48.9 Å². The van der Waals surface area contributed by atoms with Crippen LogP contribution in [0.15, 0.2) is 67.3 Å². The average molecular weight is 335 g/mol. The van der Waals surface area contributed by atoms with Crippen molar-refractivity contribution in [1.82, 2.24) is 4.90 Å². The number of amides is 1. The van der Waals surface area contributed by atoms with E-state index in [4.69, 9.17) is 4.74 Å². The smallest absolute Gasteiger partial charge is 0.410 e. The summed E-state index contributed by atoms with van der Waals surface area (Å²) in [6, 6.07) is 18.7. The van der Waals surface area contributed by atoms with E-state index in [0.717, 1.165) is 0 Å². The van der Waals surface area contributed by atoms with E-state index in [9.17, 15) is 4.79 Å². The number of rotatable bonds is 4. The van der Waals surface area contributed by atoms with Gasteiger partial charge in [-0.05, 0) is 37.0 Å². The lowest BCUT2D eigenvalue weighted by molar-refractivity contribution is 0.0585. The fraction of sp³-hybridized carbons (Fsp3) is 0.318. The molecule has 25 heavy (non-hydrogen) atoms. The molecule has 0 radical (unpaired) electrons. The number of hydrogen-bond acceptors (Lipinski definition) is 2. The first kappa shape index (κ1) is 17.3. The van der Waals surface area contributed by atoms with Crippen LogP contribution in [0.2, 0.25) is 0 Å². The second-order valence-electron chi connectivity index (χ2n) is 6.72. The number of benzene rings is 2. The average Bonchev–Trinajstić information content (AvgIpc) is 2.62. The molecule has 0 fully saturated rings. The first-order chi connectivity index (χ1) is 12.1. The molecule has 1 amide bonds. The molecular formula is C22H25NO2. The van der Waals surface area contributed by atoms with E-state index in [1.807, 2.05) is 49.1 Å². The molecule has 1 heterocycles. The molecule has 1 aliphatic heterocycles. The van der Waals surface area contributed by atoms with Crippen LogP contribution in [0.5, 0.6) is 0 Å². The van der Waals surface area contributed by atoms with Crippen molar-refractivity contribution in [1.29, 1.82) is 0 Å². The maximum atomic E-state index is 12.7. The number of hydrogen-bond donors (Lipinski definition) is 0. The van der Waals surface area contributed by atoms with E-state index in [2.05, 4.69) is 36.9 Å². The lowest BCUT2D eigenvalue weighted by atomic mass is 9.80. The highest BCUT2D eigenvalue weighted by molar-refractivity contribution is 5.70. The summed E-state index contributed by atoms with van der Waals surface area (Å²) in [5.41, 5.74) is 3.69. The summed E-state index contributed by atoms with van der Waals surface area (Å²) < 4.78 is 5.52. The van der Waals surface area contributed by atoms with Gasteiger partial charge >= 0.3 is 6.09 Å². The number of ether oxygens (including phenoxy) is 1. The Balaban J connectivity index is 2.05. The minimum absolute atomic E-state index is 0.0279. The summed E-state index contributed by atoms with van der Waals surface area (Å²) in [5, 5.41) is 0. The van der Waals surface area contributed by atoms with Gasteiger partial charge in [-0.3, -0.25) is 4.90 Å². The van der Waals surface area contributed by atoms with Gasteiger partial charge in [0.15, 0.2) is 0 Å². The van der Waals surface area contributed by atoms with E-state index in [-0.39, 0.29) is 24.2 Å². The topological polar surface area (TPSA) is 29.5 Å². The summed E-state index contributed by atoms with van der Waals surface area (Å²) >= 11 is 0. The summed E-state index contributed by atoms with van der Waals surface area (Å²) in [6.45, 7) is 8.26. The Morgan fingerprint density at radius 2 is 1.80 bits per heavy atom. The number of fused-ring (bicyclic) bond motifs is 1. The second kappa shape index (κ2) is 7.56. The van der Waals surface area contributed by atoms with Crippen LogP contribution in [-0.2, 0) is 4.74 Å². The monoisotopic (exact) mass is 335 g/mol. The van der Waals surface area contributed by atoms with Gasteiger partial charge in [-0.1, -0.05) is 60.7 Å². The van der Waals surface area contributed by atoms with Gasteiger partial charge in [-0.25, -0.2) is 4.79 Å². The van der Waals surface area contributed by atoms with Crippen LogP contribution in [0.3, 0.4) is 0 Å². The Kier molecular flexibility index (Phi) is 5.22. The fourth-order valence-corrected chi connectivity index (χ4v) is 3.58. The first-order valence-electron chi connectivity index (χ1n) is 8.83. The molecule has 0 aromatic heterocycles. The second-order valence-corrected chi connectivity index (χ2v) is 6.72. The number of nitrogens with zero attached hydrogens (tertiary/aromatic N) is 1. The largest absolute Gasteiger partial charge is 0.447 e. The number of carbonyl (C=O) groups is 1. The summed E-state index contributed by atoms with van der Waals surface area (Å²) in [5.74, 6) is 0.151. The van der Waals surface area contributed by atoms with Gasteiger partial charge in [0.2, 0.25) is 0 Å². The third-order valence-corrected chi connectivity index (χ3v) is 4.65. The highest BCUT2D eigenvalue weighted by Gasteiger charge is 2.36. The quantitative estimate of drug-likeness (QED) is 0.710. The van der Waals surface area contributed by atoms with Crippen LogP contribution < -0.4 is 0 Å². The molecular weight excluding hydrogens is 310 g/mol. The molecule has 0 bridgehead atoms. The molecule has 2 aromatic rings. The third kappa shape index (κ3) is 3.60. The zero-order valence-electron chi connectivity index (χ0n) is 14.9. The lowest BCUT2D eigenvalue weighted by Crippen LogP contribution is -2.43. The normalized spacial score (nSPS) is 19.4. The molecule has 3 rings (SSSR count). The van der Waals surface area contributed by atoms with E-state index < -0.39 is 0 Å². The van der Waals surface area contributed by atoms with Crippen molar-refractivity contribution >= 4 is 6.09 Å². The van der Waals surface area contributed by atoms with Gasteiger partial charge in [0, 0.05) is 12.5 Å². The van der Waals surface area contributed by atoms with Crippen molar-refractivity contribution < 1.29 is 9.53 Å². The maximum absolute atomic E-state index is 12.7. The molecule has 130 valence electrons. The molecule has 3 nitrogen and oxygen atoms in total. The van der Waals surface area contributed by atoms with Crippen molar-refractivity contribution in [3.05, 3.63) is 83.9 Å². The fourth-order valence-electron chi connectivity index (χ4n) is 3.58. The molecule has 3 heteroatoms. The predicted molar refractivity (Wildman–Crippen MR) is 101 cm³/mol. The molecule has 0 N–H and O–H groups in total. The van der Waals surface area contributed by atoms with E-state index in [1.165, 1.54) is 16.7 Å². The zero-order valence-corrected chi connectivity index (χ0v) is 14.9. The summed E-state index contributed by atoms with van der Waals surface area (Å²) in [7, 11) is 0. The van der Waals surface area contributed by atoms with Crippen LogP contribution in [-0.4, -0.2) is 23.6 Å². The Bertz CT molecular complexity index is 739. The van der Waals surface area contributed by atoms with Crippen LogP contribution >= 0.6 is 0 Å². The molecule has 2 atom stereocenters. The Morgan fingerprint density at radius 3 is 2.44 bits per heavy atom. The van der Waals surface area contributed by atoms with Gasteiger partial charge in [0.1, 0.15) is 0 Å². The zero-order chi connectivity index (χ0) is 17.8. The number of carbonyl (C=O) groups excluding carboxylic acids is 1. The lowest BCUT2D eigenvalue weighted by Gasteiger charge is -2.40. The van der Waals surface area contributed by atoms with Gasteiger partial charge in [0.05, 0.1) is 12.1 Å². The van der Waals surface area contributed by atoms with Crippen LogP contribution in [0, 0.1) is 0 Å². The van der Waals surface area contributed by atoms with E-state index in [1.54, 1.807) is 0 Å². The minimum atomic E-state index is -0.253. The Labute approximate surface area is 149 Å². The molecule has 0 spiro atoms. The summed E-state index contributed by atoms with van der Waals surface area (Å²) in [6.07, 6.45) is 2.20. The van der Waals surface area contributed by atoms with Gasteiger partial charge in [-0.2, -0.15) is 0 Å². The highest BCUT2D eigenvalue weighted by atomic mass is 16.6. The summed E-state index contributed by atoms with van der Waals surface area (Å²) in [4.78, 5) is 14.6. The van der Waals surface area contributed by atoms with Crippen molar-refractivity contribution in [2.75, 3.05) is 6.54 Å².